The zero-order valence-corrected chi connectivity index (χ0v) is 10.8. The molecule has 0 spiro atoms. The first kappa shape index (κ1) is 13.5. The summed E-state index contributed by atoms with van der Waals surface area (Å²) in [6.07, 6.45) is 2.56. The average molecular weight is 227 g/mol. The lowest BCUT2D eigenvalue weighted by molar-refractivity contribution is -0.133. The second kappa shape index (κ2) is 6.21. The lowest BCUT2D eigenvalue weighted by Gasteiger charge is -2.30. The van der Waals surface area contributed by atoms with Crippen LogP contribution in [0.1, 0.15) is 33.1 Å². The lowest BCUT2D eigenvalue weighted by Crippen LogP contribution is -2.44. The Labute approximate surface area is 98.8 Å². The van der Waals surface area contributed by atoms with Crippen LogP contribution >= 0.6 is 0 Å². The highest BCUT2D eigenvalue weighted by molar-refractivity contribution is 5.77. The molecule has 0 radical (unpaired) electrons. The number of hydrogen-bond donors (Lipinski definition) is 1. The third-order valence-electron chi connectivity index (χ3n) is 3.19. The van der Waals surface area contributed by atoms with E-state index in [0.717, 1.165) is 32.5 Å². The second-order valence-corrected chi connectivity index (χ2v) is 4.95. The van der Waals surface area contributed by atoms with Crippen LogP contribution in [0.15, 0.2) is 0 Å². The van der Waals surface area contributed by atoms with Crippen molar-refractivity contribution >= 4 is 5.91 Å². The first-order chi connectivity index (χ1) is 7.54. The molecule has 2 unspecified atom stereocenters. The molecule has 1 saturated heterocycles. The van der Waals surface area contributed by atoms with E-state index in [9.17, 15) is 4.79 Å². The Morgan fingerprint density at radius 1 is 1.50 bits per heavy atom. The van der Waals surface area contributed by atoms with E-state index in [1.54, 1.807) is 0 Å². The Balaban J connectivity index is 2.63. The van der Waals surface area contributed by atoms with Gasteiger partial charge in [-0.2, -0.15) is 0 Å². The van der Waals surface area contributed by atoms with Gasteiger partial charge in [0.25, 0.3) is 0 Å². The number of nitrogens with zero attached hydrogens (tertiary/aromatic N) is 2. The molecule has 1 rings (SSSR count). The first-order valence-corrected chi connectivity index (χ1v) is 6.28. The standard InChI is InChI=1S/C12H25N3O/c1-4-11-9-14(3)6-5-7-15(11)12(16)8-10(2)13/h10-11H,4-9,13H2,1-3H3. The maximum absolute atomic E-state index is 12.1. The Kier molecular flexibility index (Phi) is 5.22. The largest absolute Gasteiger partial charge is 0.338 e. The molecule has 1 fully saturated rings. The molecule has 0 aromatic heterocycles. The van der Waals surface area contributed by atoms with E-state index in [1.165, 1.54) is 0 Å². The number of carbonyl (C=O) groups excluding carboxylic acids is 1. The normalized spacial score (nSPS) is 25.2. The van der Waals surface area contributed by atoms with Crippen molar-refractivity contribution < 1.29 is 4.79 Å². The summed E-state index contributed by atoms with van der Waals surface area (Å²) in [5.41, 5.74) is 5.70. The minimum Gasteiger partial charge on any atom is -0.338 e. The molecule has 4 heteroatoms. The van der Waals surface area contributed by atoms with Crippen LogP contribution in [0, 0.1) is 0 Å². The second-order valence-electron chi connectivity index (χ2n) is 4.95. The van der Waals surface area contributed by atoms with Crippen molar-refractivity contribution in [2.45, 2.75) is 45.2 Å². The van der Waals surface area contributed by atoms with E-state index < -0.39 is 0 Å². The predicted octanol–water partition coefficient (Wildman–Crippen LogP) is 0.666. The molecule has 1 aliphatic heterocycles. The molecule has 1 aliphatic rings. The minimum absolute atomic E-state index is 0.0361. The van der Waals surface area contributed by atoms with Gasteiger partial charge < -0.3 is 15.5 Å². The van der Waals surface area contributed by atoms with Crippen LogP contribution in [0.4, 0.5) is 0 Å². The van der Waals surface area contributed by atoms with E-state index in [0.29, 0.717) is 12.5 Å². The van der Waals surface area contributed by atoms with Crippen molar-refractivity contribution in [2.24, 2.45) is 5.73 Å². The number of nitrogens with two attached hydrogens (primary N) is 1. The maximum Gasteiger partial charge on any atom is 0.224 e. The highest BCUT2D eigenvalue weighted by atomic mass is 16.2. The van der Waals surface area contributed by atoms with Gasteiger partial charge in [-0.1, -0.05) is 6.92 Å². The van der Waals surface area contributed by atoms with Gasteiger partial charge in [0.15, 0.2) is 0 Å². The van der Waals surface area contributed by atoms with Gasteiger partial charge in [-0.05, 0) is 33.4 Å². The molecular formula is C12H25N3O. The molecule has 2 N–H and O–H groups in total. The SMILES string of the molecule is CCC1CN(C)CCCN1C(=O)CC(C)N. The smallest absolute Gasteiger partial charge is 0.224 e. The fourth-order valence-corrected chi connectivity index (χ4v) is 2.31. The van der Waals surface area contributed by atoms with Gasteiger partial charge in [0.1, 0.15) is 0 Å². The first-order valence-electron chi connectivity index (χ1n) is 6.28. The minimum atomic E-state index is -0.0361. The fraction of sp³-hybridized carbons (Fsp3) is 0.917. The summed E-state index contributed by atoms with van der Waals surface area (Å²) < 4.78 is 0. The predicted molar refractivity (Wildman–Crippen MR) is 66.2 cm³/mol. The summed E-state index contributed by atoms with van der Waals surface area (Å²) in [7, 11) is 2.13. The highest BCUT2D eigenvalue weighted by Crippen LogP contribution is 2.13. The molecule has 0 saturated carbocycles. The molecule has 0 aliphatic carbocycles. The van der Waals surface area contributed by atoms with E-state index in [4.69, 9.17) is 5.73 Å². The van der Waals surface area contributed by atoms with E-state index in [1.807, 2.05) is 11.8 Å². The molecule has 16 heavy (non-hydrogen) atoms. The maximum atomic E-state index is 12.1. The van der Waals surface area contributed by atoms with E-state index in [2.05, 4.69) is 18.9 Å². The quantitative estimate of drug-likeness (QED) is 0.771. The number of hydrogen-bond acceptors (Lipinski definition) is 3. The van der Waals surface area contributed by atoms with E-state index >= 15 is 0 Å². The van der Waals surface area contributed by atoms with Gasteiger partial charge in [-0.15, -0.1) is 0 Å². The molecule has 4 nitrogen and oxygen atoms in total. The van der Waals surface area contributed by atoms with Gasteiger partial charge in [-0.25, -0.2) is 0 Å². The molecule has 0 bridgehead atoms. The third-order valence-corrected chi connectivity index (χ3v) is 3.19. The number of carbonyl (C=O) groups is 1. The molecule has 0 aromatic rings. The van der Waals surface area contributed by atoms with Crippen LogP contribution in [0.5, 0.6) is 0 Å². The molecule has 2 atom stereocenters. The van der Waals surface area contributed by atoms with Crippen LogP contribution in [0.25, 0.3) is 0 Å². The summed E-state index contributed by atoms with van der Waals surface area (Å²) in [6.45, 7) is 6.99. The van der Waals surface area contributed by atoms with Gasteiger partial charge in [-0.3, -0.25) is 4.79 Å². The van der Waals surface area contributed by atoms with E-state index in [-0.39, 0.29) is 11.9 Å². The summed E-state index contributed by atoms with van der Waals surface area (Å²) in [4.78, 5) is 16.4. The highest BCUT2D eigenvalue weighted by Gasteiger charge is 2.26. The number of likely N-dealkylation sites (N-methyl/N-ethyl adjacent to an activating group) is 1. The molecule has 1 heterocycles. The Morgan fingerprint density at radius 2 is 2.19 bits per heavy atom. The summed E-state index contributed by atoms with van der Waals surface area (Å²) in [5, 5.41) is 0. The summed E-state index contributed by atoms with van der Waals surface area (Å²) >= 11 is 0. The van der Waals surface area contributed by atoms with Gasteiger partial charge in [0.2, 0.25) is 5.91 Å². The van der Waals surface area contributed by atoms with Crippen LogP contribution in [0.2, 0.25) is 0 Å². The number of amides is 1. The van der Waals surface area contributed by atoms with Crippen molar-refractivity contribution in [3.8, 4) is 0 Å². The van der Waals surface area contributed by atoms with Crippen LogP contribution < -0.4 is 5.73 Å². The van der Waals surface area contributed by atoms with Crippen LogP contribution in [-0.4, -0.2) is 54.5 Å². The fourth-order valence-electron chi connectivity index (χ4n) is 2.31. The van der Waals surface area contributed by atoms with Crippen molar-refractivity contribution in [3.63, 3.8) is 0 Å². The van der Waals surface area contributed by atoms with Crippen LogP contribution in [-0.2, 0) is 4.79 Å². The molecular weight excluding hydrogens is 202 g/mol. The molecule has 94 valence electrons. The van der Waals surface area contributed by atoms with Gasteiger partial charge in [0, 0.05) is 31.6 Å². The average Bonchev–Trinajstić information content (AvgIpc) is 2.38. The monoisotopic (exact) mass is 227 g/mol. The summed E-state index contributed by atoms with van der Waals surface area (Å²) in [5.74, 6) is 0.220. The Bertz CT molecular complexity index is 230. The van der Waals surface area contributed by atoms with Crippen molar-refractivity contribution in [1.29, 1.82) is 0 Å². The Hall–Kier alpha value is -0.610. The topological polar surface area (TPSA) is 49.6 Å². The number of rotatable bonds is 3. The third kappa shape index (κ3) is 3.76. The molecule has 0 aromatic carbocycles. The zero-order chi connectivity index (χ0) is 12.1. The van der Waals surface area contributed by atoms with Gasteiger partial charge in [0.05, 0.1) is 0 Å². The van der Waals surface area contributed by atoms with Crippen molar-refractivity contribution in [1.82, 2.24) is 9.80 Å². The Morgan fingerprint density at radius 3 is 2.75 bits per heavy atom. The van der Waals surface area contributed by atoms with Crippen molar-refractivity contribution in [2.75, 3.05) is 26.7 Å². The van der Waals surface area contributed by atoms with Crippen LogP contribution in [0.3, 0.4) is 0 Å². The molecule has 1 amide bonds. The van der Waals surface area contributed by atoms with Gasteiger partial charge >= 0.3 is 0 Å². The lowest BCUT2D eigenvalue weighted by atomic mass is 10.1. The zero-order valence-electron chi connectivity index (χ0n) is 10.8. The summed E-state index contributed by atoms with van der Waals surface area (Å²) in [6, 6.07) is 0.324. The van der Waals surface area contributed by atoms with Crippen molar-refractivity contribution in [3.05, 3.63) is 0 Å².